The van der Waals surface area contributed by atoms with Crippen molar-refractivity contribution in [3.8, 4) is 0 Å². The van der Waals surface area contributed by atoms with Crippen molar-refractivity contribution in [2.75, 3.05) is 20.1 Å². The summed E-state index contributed by atoms with van der Waals surface area (Å²) in [6.07, 6.45) is 0. The van der Waals surface area contributed by atoms with Crippen LogP contribution in [-0.4, -0.2) is 43.1 Å². The lowest BCUT2D eigenvalue weighted by molar-refractivity contribution is 0.292. The highest BCUT2D eigenvalue weighted by Gasteiger charge is 2.30. The third-order valence-corrected chi connectivity index (χ3v) is 5.00. The summed E-state index contributed by atoms with van der Waals surface area (Å²) in [4.78, 5) is 0.262. The molecule has 0 aliphatic heterocycles. The Morgan fingerprint density at radius 1 is 1.37 bits per heavy atom. The summed E-state index contributed by atoms with van der Waals surface area (Å²) in [7, 11) is -1.95. The Kier molecular flexibility index (Phi) is 6.01. The van der Waals surface area contributed by atoms with E-state index in [4.69, 9.17) is 5.73 Å². The maximum Gasteiger partial charge on any atom is 0.246 e. The number of sulfonamides is 1. The van der Waals surface area contributed by atoms with Gasteiger partial charge in [-0.05, 0) is 25.8 Å². The van der Waals surface area contributed by atoms with Crippen molar-refractivity contribution >= 4 is 22.4 Å². The van der Waals surface area contributed by atoms with Crippen LogP contribution in [0.15, 0.2) is 4.90 Å². The van der Waals surface area contributed by atoms with Gasteiger partial charge in [0.1, 0.15) is 4.90 Å². The van der Waals surface area contributed by atoms with Crippen LogP contribution in [0.3, 0.4) is 0 Å². The molecule has 8 heteroatoms. The van der Waals surface area contributed by atoms with E-state index in [0.717, 1.165) is 0 Å². The average molecular weight is 311 g/mol. The molecular weight excluding hydrogens is 288 g/mol. The van der Waals surface area contributed by atoms with Crippen LogP contribution in [0.2, 0.25) is 0 Å². The van der Waals surface area contributed by atoms with Crippen LogP contribution in [0.5, 0.6) is 0 Å². The van der Waals surface area contributed by atoms with Crippen LogP contribution in [0.4, 0.5) is 0 Å². The van der Waals surface area contributed by atoms with Crippen molar-refractivity contribution in [2.24, 2.45) is 11.1 Å². The lowest BCUT2D eigenvalue weighted by Crippen LogP contribution is -2.40. The fraction of sp³-hybridized carbons (Fsp3) is 0.727. The first-order chi connectivity index (χ1) is 8.12. The van der Waals surface area contributed by atoms with Gasteiger partial charge in [-0.2, -0.15) is 5.10 Å². The smallest absolute Gasteiger partial charge is 0.246 e. The van der Waals surface area contributed by atoms with Gasteiger partial charge in [0, 0.05) is 13.6 Å². The van der Waals surface area contributed by atoms with Gasteiger partial charge in [-0.25, -0.2) is 12.7 Å². The minimum atomic E-state index is -3.52. The maximum absolute atomic E-state index is 12.5. The average Bonchev–Trinajstić information content (AvgIpc) is 2.58. The zero-order valence-corrected chi connectivity index (χ0v) is 13.7. The molecule has 0 atom stereocenters. The fourth-order valence-electron chi connectivity index (χ4n) is 1.83. The quantitative estimate of drug-likeness (QED) is 0.850. The molecule has 6 nitrogen and oxygen atoms in total. The number of nitrogens with two attached hydrogens (primary N) is 1. The molecule has 1 aromatic rings. The molecule has 19 heavy (non-hydrogen) atoms. The molecule has 1 heterocycles. The van der Waals surface area contributed by atoms with E-state index >= 15 is 0 Å². The van der Waals surface area contributed by atoms with E-state index in [-0.39, 0.29) is 22.7 Å². The summed E-state index contributed by atoms with van der Waals surface area (Å²) in [6, 6.07) is 0. The normalized spacial score (nSPS) is 12.6. The molecule has 0 amide bonds. The second-order valence-electron chi connectivity index (χ2n) is 5.39. The number of halogens is 1. The molecule has 0 saturated heterocycles. The molecule has 0 saturated carbocycles. The Bertz CT molecular complexity index is 505. The largest absolute Gasteiger partial charge is 0.330 e. The first-order valence-corrected chi connectivity index (χ1v) is 7.24. The Morgan fingerprint density at radius 3 is 2.26 bits per heavy atom. The predicted octanol–water partition coefficient (Wildman–Crippen LogP) is 1.05. The van der Waals surface area contributed by atoms with E-state index < -0.39 is 10.0 Å². The summed E-state index contributed by atoms with van der Waals surface area (Å²) in [5.74, 6) is 0. The molecule has 0 radical (unpaired) electrons. The first kappa shape index (κ1) is 18.4. The molecule has 3 N–H and O–H groups in total. The number of aromatic nitrogens is 2. The Balaban J connectivity index is 0.00000324. The van der Waals surface area contributed by atoms with Crippen molar-refractivity contribution in [3.63, 3.8) is 0 Å². The van der Waals surface area contributed by atoms with Crippen LogP contribution < -0.4 is 5.73 Å². The molecule has 0 fully saturated rings. The Morgan fingerprint density at radius 2 is 1.89 bits per heavy atom. The molecular formula is C11H23ClN4O2S. The van der Waals surface area contributed by atoms with Gasteiger partial charge in [-0.1, -0.05) is 13.8 Å². The first-order valence-electron chi connectivity index (χ1n) is 5.80. The number of nitrogens with one attached hydrogen (secondary N) is 1. The molecule has 112 valence electrons. The summed E-state index contributed by atoms with van der Waals surface area (Å²) in [6.45, 7) is 8.06. The molecule has 0 unspecified atom stereocenters. The summed E-state index contributed by atoms with van der Waals surface area (Å²) in [5, 5.41) is 6.62. The molecule has 0 bridgehead atoms. The van der Waals surface area contributed by atoms with E-state index in [1.165, 1.54) is 4.31 Å². The number of nitrogens with zero attached hydrogens (tertiary/aromatic N) is 2. The number of hydrogen-bond acceptors (Lipinski definition) is 4. The standard InChI is InChI=1S/C11H22N4O2S.ClH/c1-8-10(9(2)14-13-8)18(16,17)15(5)7-11(3,4)6-12;/h6-7,12H2,1-5H3,(H,13,14);1H. The van der Waals surface area contributed by atoms with Crippen molar-refractivity contribution in [1.82, 2.24) is 14.5 Å². The molecule has 0 aliphatic rings. The summed E-state index contributed by atoms with van der Waals surface area (Å²) in [5.41, 5.74) is 6.43. The van der Waals surface area contributed by atoms with Gasteiger partial charge in [0.15, 0.2) is 0 Å². The number of rotatable bonds is 5. The van der Waals surface area contributed by atoms with Crippen LogP contribution >= 0.6 is 12.4 Å². The van der Waals surface area contributed by atoms with Crippen molar-refractivity contribution < 1.29 is 8.42 Å². The number of aryl methyl sites for hydroxylation is 2. The van der Waals surface area contributed by atoms with Gasteiger partial charge in [-0.15, -0.1) is 12.4 Å². The summed E-state index contributed by atoms with van der Waals surface area (Å²) < 4.78 is 26.2. The highest BCUT2D eigenvalue weighted by atomic mass is 35.5. The van der Waals surface area contributed by atoms with E-state index in [0.29, 0.717) is 24.5 Å². The van der Waals surface area contributed by atoms with Gasteiger partial charge in [0.25, 0.3) is 0 Å². The minimum absolute atomic E-state index is 0. The van der Waals surface area contributed by atoms with Crippen LogP contribution in [0.25, 0.3) is 0 Å². The number of hydrogen-bond donors (Lipinski definition) is 2. The zero-order chi connectivity index (χ0) is 14.1. The van der Waals surface area contributed by atoms with E-state index in [1.807, 2.05) is 13.8 Å². The molecule has 0 aliphatic carbocycles. The highest BCUT2D eigenvalue weighted by molar-refractivity contribution is 7.89. The Hall–Kier alpha value is -0.630. The van der Waals surface area contributed by atoms with Crippen molar-refractivity contribution in [3.05, 3.63) is 11.4 Å². The highest BCUT2D eigenvalue weighted by Crippen LogP contribution is 2.23. The molecule has 1 aromatic heterocycles. The predicted molar refractivity (Wildman–Crippen MR) is 78.0 cm³/mol. The van der Waals surface area contributed by atoms with Crippen molar-refractivity contribution in [1.29, 1.82) is 0 Å². The molecule has 0 spiro atoms. The third-order valence-electron chi connectivity index (χ3n) is 2.93. The number of H-pyrrole nitrogens is 1. The van der Waals surface area contributed by atoms with Crippen LogP contribution in [0.1, 0.15) is 25.2 Å². The maximum atomic E-state index is 12.5. The third kappa shape index (κ3) is 3.92. The topological polar surface area (TPSA) is 92.1 Å². The van der Waals surface area contributed by atoms with Crippen LogP contribution in [0, 0.1) is 19.3 Å². The van der Waals surface area contributed by atoms with E-state index in [2.05, 4.69) is 10.2 Å². The Labute approximate surface area is 121 Å². The number of aromatic amines is 1. The van der Waals surface area contributed by atoms with Gasteiger partial charge in [0.05, 0.1) is 11.4 Å². The second-order valence-corrected chi connectivity index (χ2v) is 7.37. The SMILES string of the molecule is Cc1n[nH]c(C)c1S(=O)(=O)N(C)CC(C)(C)CN.Cl. The lowest BCUT2D eigenvalue weighted by atomic mass is 9.94. The summed E-state index contributed by atoms with van der Waals surface area (Å²) >= 11 is 0. The van der Waals surface area contributed by atoms with Gasteiger partial charge >= 0.3 is 0 Å². The van der Waals surface area contributed by atoms with Gasteiger partial charge in [-0.3, -0.25) is 5.10 Å². The van der Waals surface area contributed by atoms with E-state index in [9.17, 15) is 8.42 Å². The lowest BCUT2D eigenvalue weighted by Gasteiger charge is -2.28. The minimum Gasteiger partial charge on any atom is -0.330 e. The van der Waals surface area contributed by atoms with Crippen molar-refractivity contribution in [2.45, 2.75) is 32.6 Å². The zero-order valence-electron chi connectivity index (χ0n) is 12.0. The molecule has 1 rings (SSSR count). The molecule has 0 aromatic carbocycles. The fourth-order valence-corrected chi connectivity index (χ4v) is 3.51. The van der Waals surface area contributed by atoms with Gasteiger partial charge in [0.2, 0.25) is 10.0 Å². The monoisotopic (exact) mass is 310 g/mol. The van der Waals surface area contributed by atoms with Crippen LogP contribution in [-0.2, 0) is 10.0 Å². The second kappa shape index (κ2) is 6.21. The van der Waals surface area contributed by atoms with E-state index in [1.54, 1.807) is 20.9 Å². The van der Waals surface area contributed by atoms with Gasteiger partial charge < -0.3 is 5.73 Å².